The molecule has 6 aromatic rings. The lowest BCUT2D eigenvalue weighted by atomic mass is 9.88. The highest BCUT2D eigenvalue weighted by Crippen LogP contribution is 2.37. The summed E-state index contributed by atoms with van der Waals surface area (Å²) in [6.45, 7) is 5.89. The minimum atomic E-state index is -3.23. The Hall–Kier alpha value is -5.11. The molecule has 0 bridgehead atoms. The predicted octanol–water partition coefficient (Wildman–Crippen LogP) is 6.71. The summed E-state index contributed by atoms with van der Waals surface area (Å²) in [6, 6.07) is 1.25. The molecule has 0 amide bonds. The van der Waals surface area contributed by atoms with Gasteiger partial charge in [0, 0.05) is 116 Å². The van der Waals surface area contributed by atoms with Gasteiger partial charge in [0.15, 0.2) is 0 Å². The maximum atomic E-state index is 11.8. The lowest BCUT2D eigenvalue weighted by molar-refractivity contribution is 0.133. The van der Waals surface area contributed by atoms with Gasteiger partial charge in [-0.1, -0.05) is 13.8 Å². The average molecular weight is 1100 g/mol. The Morgan fingerprint density at radius 2 is 1.11 bits per heavy atom. The molecule has 0 spiro atoms. The van der Waals surface area contributed by atoms with Crippen molar-refractivity contribution in [3.05, 3.63) is 113 Å². The van der Waals surface area contributed by atoms with Crippen molar-refractivity contribution < 1.29 is 31.0 Å². The summed E-state index contributed by atoms with van der Waals surface area (Å²) in [5.74, 6) is 1.47. The standard InChI is InChI=1S/C24H30N6O4S2.C16H20ClN3OS.C8H11N3O3S/c1-3-16-10-25-23(26-11-16)34-20-6-4-17(5-7-20)22-28-19(15-35-22)14-33-24-27-12-18-13-30(36(2,31)32)9-8-21(18)29-24;1-2-11-8-18-16(19-9-11)21-14-5-3-12(4-6-14)15-20-13(7-17)10-22-15;1-15(13,14)11-3-2-7-6(5-11)4-9-8(12)10-7/h10-12,15,17,20H,3-9,13-14H2,1-2H3;8-10,12,14H,2-7H2,1H3;4H,2-3,5H2,1H3,(H,9,10,12). The highest BCUT2D eigenvalue weighted by Gasteiger charge is 2.29. The Balaban J connectivity index is 0.000000162. The highest BCUT2D eigenvalue weighted by molar-refractivity contribution is 7.88. The van der Waals surface area contributed by atoms with Crippen LogP contribution in [0.1, 0.15) is 132 Å². The summed E-state index contributed by atoms with van der Waals surface area (Å²) in [5, 5.41) is 6.44. The summed E-state index contributed by atoms with van der Waals surface area (Å²) in [4.78, 5) is 52.4. The van der Waals surface area contributed by atoms with Crippen molar-refractivity contribution in [1.82, 2.24) is 58.5 Å². The Bertz CT molecular complexity index is 3040. The van der Waals surface area contributed by atoms with Gasteiger partial charge in [0.05, 0.1) is 45.5 Å². The fourth-order valence-corrected chi connectivity index (χ4v) is 12.6. The van der Waals surface area contributed by atoms with E-state index in [1.807, 2.05) is 30.2 Å². The summed E-state index contributed by atoms with van der Waals surface area (Å²) >= 11 is 9.22. The first-order chi connectivity index (χ1) is 35.1. The van der Waals surface area contributed by atoms with Gasteiger partial charge in [0.25, 0.3) is 0 Å². The Morgan fingerprint density at radius 3 is 1.62 bits per heavy atom. The maximum Gasteiger partial charge on any atom is 0.345 e. The van der Waals surface area contributed by atoms with Gasteiger partial charge in [-0.15, -0.1) is 34.3 Å². The van der Waals surface area contributed by atoms with Gasteiger partial charge in [-0.2, -0.15) is 13.6 Å². The zero-order valence-corrected chi connectivity index (χ0v) is 45.4. The van der Waals surface area contributed by atoms with Gasteiger partial charge in [-0.3, -0.25) is 0 Å². The van der Waals surface area contributed by atoms with Crippen molar-refractivity contribution in [3.63, 3.8) is 0 Å². The predicted molar refractivity (Wildman–Crippen MR) is 277 cm³/mol. The molecule has 2 aliphatic carbocycles. The van der Waals surface area contributed by atoms with E-state index in [4.69, 9.17) is 30.8 Å². The van der Waals surface area contributed by atoms with Crippen LogP contribution in [0.4, 0.5) is 0 Å². The minimum absolute atomic E-state index is 0.141. The first-order valence-electron chi connectivity index (χ1n) is 24.5. The number of aromatic nitrogens is 10. The largest absolute Gasteiger partial charge is 0.460 e. The summed E-state index contributed by atoms with van der Waals surface area (Å²) < 4.78 is 66.7. The molecule has 73 heavy (non-hydrogen) atoms. The van der Waals surface area contributed by atoms with Crippen molar-refractivity contribution in [1.29, 1.82) is 0 Å². The van der Waals surface area contributed by atoms with Crippen LogP contribution in [0, 0.1) is 0 Å². The number of aromatic amines is 1. The molecular weight excluding hydrogens is 1040 g/mol. The quantitative estimate of drug-likeness (QED) is 0.111. The molecule has 2 fully saturated rings. The van der Waals surface area contributed by atoms with E-state index in [9.17, 15) is 21.6 Å². The molecule has 0 aromatic carbocycles. The van der Waals surface area contributed by atoms with Crippen LogP contribution < -0.4 is 19.9 Å². The van der Waals surface area contributed by atoms with Gasteiger partial charge < -0.3 is 19.2 Å². The molecule has 25 heteroatoms. The molecule has 4 aliphatic rings. The third-order valence-corrected chi connectivity index (χ3v) is 18.0. The van der Waals surface area contributed by atoms with Crippen LogP contribution in [0.2, 0.25) is 0 Å². The molecule has 2 saturated carbocycles. The number of ether oxygens (including phenoxy) is 3. The first kappa shape index (κ1) is 54.2. The van der Waals surface area contributed by atoms with E-state index in [1.165, 1.54) is 32.3 Å². The molecule has 392 valence electrons. The second-order valence-electron chi connectivity index (χ2n) is 18.4. The van der Waals surface area contributed by atoms with Crippen molar-refractivity contribution in [2.24, 2.45) is 0 Å². The van der Waals surface area contributed by atoms with Crippen LogP contribution in [0.3, 0.4) is 0 Å². The fraction of sp³-hybridized carbons (Fsp3) is 0.542. The third-order valence-electron chi connectivity index (χ3n) is 13.2. The Morgan fingerprint density at radius 1 is 0.630 bits per heavy atom. The Kier molecular flexibility index (Phi) is 18.5. The van der Waals surface area contributed by atoms with Gasteiger partial charge in [-0.05, 0) is 75.3 Å². The fourth-order valence-electron chi connectivity index (χ4n) is 8.84. The smallest absolute Gasteiger partial charge is 0.345 e. The molecule has 1 N–H and O–H groups in total. The van der Waals surface area contributed by atoms with Crippen LogP contribution in [-0.4, -0.2) is 113 Å². The molecular formula is C48H61ClN12O8S4. The van der Waals surface area contributed by atoms with Gasteiger partial charge in [0.1, 0.15) is 18.8 Å². The lowest BCUT2D eigenvalue weighted by Gasteiger charge is -2.27. The van der Waals surface area contributed by atoms with Gasteiger partial charge in [0.2, 0.25) is 20.0 Å². The van der Waals surface area contributed by atoms with Crippen LogP contribution in [0.25, 0.3) is 0 Å². The monoisotopic (exact) mass is 1100 g/mol. The summed E-state index contributed by atoms with van der Waals surface area (Å²) in [5.41, 5.74) is 6.92. The number of nitrogens with zero attached hydrogens (tertiary/aromatic N) is 11. The SMILES string of the molecule is CCc1cnc(OC2CCC(c3nc(CCl)cs3)CC2)nc1.CCc1cnc(OC2CCC(c3nc(COc4ncc5c(n4)CCN(S(C)(=O)=O)C5)cs3)CC2)nc1.CS(=O)(=O)N1CCc2[nH]c(=O)ncc2C1. The second kappa shape index (κ2) is 24.9. The van der Waals surface area contributed by atoms with Crippen LogP contribution >= 0.6 is 34.3 Å². The molecule has 10 rings (SSSR count). The van der Waals surface area contributed by atoms with E-state index < -0.39 is 20.0 Å². The van der Waals surface area contributed by atoms with Crippen molar-refractivity contribution in [2.75, 3.05) is 25.6 Å². The number of H-pyrrole nitrogens is 1. The number of thiazole rings is 2. The maximum absolute atomic E-state index is 11.8. The lowest BCUT2D eigenvalue weighted by Crippen LogP contribution is -2.36. The van der Waals surface area contributed by atoms with Crippen LogP contribution in [-0.2, 0) is 71.3 Å². The number of hydrogen-bond acceptors (Lipinski definition) is 19. The molecule has 20 nitrogen and oxygen atoms in total. The molecule has 0 atom stereocenters. The first-order valence-corrected chi connectivity index (χ1v) is 30.5. The highest BCUT2D eigenvalue weighted by atomic mass is 35.5. The molecule has 0 saturated heterocycles. The van der Waals surface area contributed by atoms with Gasteiger partial charge in [-0.25, -0.2) is 61.5 Å². The van der Waals surface area contributed by atoms with Crippen molar-refractivity contribution in [3.8, 4) is 18.0 Å². The zero-order valence-electron chi connectivity index (χ0n) is 41.4. The minimum Gasteiger partial charge on any atom is -0.460 e. The number of halogens is 1. The third kappa shape index (κ3) is 15.3. The Labute approximate surface area is 439 Å². The van der Waals surface area contributed by atoms with E-state index in [0.717, 1.165) is 114 Å². The molecule has 8 heterocycles. The number of alkyl halides is 1. The van der Waals surface area contributed by atoms with Crippen LogP contribution in [0.15, 0.2) is 52.7 Å². The van der Waals surface area contributed by atoms with Crippen molar-refractivity contribution in [2.45, 2.75) is 141 Å². The van der Waals surface area contributed by atoms with E-state index >= 15 is 0 Å². The van der Waals surface area contributed by atoms with Crippen molar-refractivity contribution >= 4 is 54.3 Å². The normalized spacial score (nSPS) is 20.3. The van der Waals surface area contributed by atoms with E-state index in [1.54, 1.807) is 28.9 Å². The molecule has 0 unspecified atom stereocenters. The number of aryl methyl sites for hydroxylation is 2. The number of sulfonamides is 2. The number of nitrogens with one attached hydrogen (secondary N) is 1. The average Bonchev–Trinajstić information content (AvgIpc) is 4.09. The molecule has 0 radical (unpaired) electrons. The summed E-state index contributed by atoms with van der Waals surface area (Å²) in [7, 11) is -6.39. The number of hydrogen-bond donors (Lipinski definition) is 1. The number of fused-ring (bicyclic) bond motifs is 2. The van der Waals surface area contributed by atoms with E-state index in [2.05, 4.69) is 64.1 Å². The summed E-state index contributed by atoms with van der Waals surface area (Å²) in [6.07, 6.45) is 24.3. The number of rotatable bonds is 14. The second-order valence-corrected chi connectivity index (χ2v) is 24.4. The zero-order chi connectivity index (χ0) is 51.5. The molecule has 6 aromatic heterocycles. The topological polar surface area (TPSA) is 251 Å². The van der Waals surface area contributed by atoms with E-state index in [0.29, 0.717) is 74.8 Å². The molecule has 2 aliphatic heterocycles. The van der Waals surface area contributed by atoms with Crippen LogP contribution in [0.5, 0.6) is 18.0 Å². The van der Waals surface area contributed by atoms with Gasteiger partial charge >= 0.3 is 23.7 Å². The van der Waals surface area contributed by atoms with E-state index in [-0.39, 0.29) is 24.4 Å².